The quantitative estimate of drug-likeness (QED) is 0.197. The highest BCUT2D eigenvalue weighted by Gasteiger charge is 2.17. The van der Waals surface area contributed by atoms with E-state index < -0.39 is 0 Å². The van der Waals surface area contributed by atoms with E-state index in [9.17, 15) is 0 Å². The summed E-state index contributed by atoms with van der Waals surface area (Å²) in [5, 5.41) is 7.97. The maximum Gasteiger partial charge on any atom is 0.133 e. The number of thiocarbonyl (C=S) groups is 2. The maximum atomic E-state index is 5.09. The van der Waals surface area contributed by atoms with E-state index in [4.69, 9.17) is 24.4 Å². The fraction of sp³-hybridized carbons (Fsp3) is 0.857. The minimum absolute atomic E-state index is 0.698. The number of nitrogens with one attached hydrogen (secondary N) is 3. The highest BCUT2D eigenvalue weighted by molar-refractivity contribution is 8.11. The molecule has 2 fully saturated rings. The van der Waals surface area contributed by atoms with Crippen LogP contribution in [-0.2, 0) is 0 Å². The zero-order valence-electron chi connectivity index (χ0n) is 14.5. The van der Waals surface area contributed by atoms with Gasteiger partial charge < -0.3 is 15.1 Å². The second kappa shape index (κ2) is 11.9. The Labute approximate surface area is 172 Å². The average Bonchev–Trinajstić information content (AvgIpc) is 2.61. The van der Waals surface area contributed by atoms with E-state index in [0.29, 0.717) is 8.64 Å². The Balaban J connectivity index is 1.41. The molecule has 7 nitrogen and oxygen atoms in total. The molecule has 0 amide bonds. The Morgan fingerprint density at radius 1 is 0.640 bits per heavy atom. The summed E-state index contributed by atoms with van der Waals surface area (Å²) in [6.45, 7) is 11.4. The van der Waals surface area contributed by atoms with Gasteiger partial charge in [-0.05, 0) is 0 Å². The summed E-state index contributed by atoms with van der Waals surface area (Å²) < 4.78 is 1.40. The molecule has 0 aromatic rings. The topological polar surface area (TPSA) is 49.1 Å². The van der Waals surface area contributed by atoms with Crippen LogP contribution in [0.25, 0.3) is 0 Å². The van der Waals surface area contributed by atoms with Crippen molar-refractivity contribution in [2.24, 2.45) is 0 Å². The van der Waals surface area contributed by atoms with Crippen LogP contribution in [0.4, 0.5) is 0 Å². The van der Waals surface area contributed by atoms with Crippen LogP contribution >= 0.6 is 49.7 Å². The first kappa shape index (κ1) is 21.6. The number of thiol groups is 2. The lowest BCUT2D eigenvalue weighted by atomic mass is 10.4. The summed E-state index contributed by atoms with van der Waals surface area (Å²) >= 11 is 18.6. The molecule has 0 atom stereocenters. The summed E-state index contributed by atoms with van der Waals surface area (Å²) in [7, 11) is 0. The van der Waals surface area contributed by atoms with Crippen molar-refractivity contribution in [3.05, 3.63) is 0 Å². The summed E-state index contributed by atoms with van der Waals surface area (Å²) in [6.07, 6.45) is 0. The Morgan fingerprint density at radius 2 is 1.00 bits per heavy atom. The van der Waals surface area contributed by atoms with E-state index in [2.05, 4.69) is 61.2 Å². The molecule has 0 unspecified atom stereocenters. The number of nitrogens with zero attached hydrogens (tertiary/aromatic N) is 4. The lowest BCUT2D eigenvalue weighted by Gasteiger charge is -2.35. The lowest BCUT2D eigenvalue weighted by molar-refractivity contribution is 0.124. The Hall–Kier alpha value is 0.280. The molecule has 2 saturated heterocycles. The normalized spacial score (nSPS) is 20.1. The molecule has 0 radical (unpaired) electrons. The number of rotatable bonds is 8. The first-order chi connectivity index (χ1) is 12.1. The molecule has 25 heavy (non-hydrogen) atoms. The molecule has 11 heteroatoms. The van der Waals surface area contributed by atoms with Crippen LogP contribution in [0.2, 0.25) is 0 Å². The van der Waals surface area contributed by atoms with Crippen molar-refractivity contribution in [3.8, 4) is 0 Å². The third-order valence-electron chi connectivity index (χ3n) is 4.37. The zero-order chi connectivity index (χ0) is 18.1. The van der Waals surface area contributed by atoms with Gasteiger partial charge in [0.05, 0.1) is 0 Å². The summed E-state index contributed by atoms with van der Waals surface area (Å²) in [5.41, 5.74) is 6.91. The van der Waals surface area contributed by atoms with E-state index >= 15 is 0 Å². The first-order valence-corrected chi connectivity index (χ1v) is 10.4. The molecule has 0 saturated carbocycles. The molecule has 144 valence electrons. The summed E-state index contributed by atoms with van der Waals surface area (Å²) in [6, 6.07) is 0. The highest BCUT2D eigenvalue weighted by Crippen LogP contribution is 2.03. The summed E-state index contributed by atoms with van der Waals surface area (Å²) in [4.78, 5) is 4.26. The Kier molecular flexibility index (Phi) is 10.3. The third-order valence-corrected chi connectivity index (χ3v) is 5.46. The van der Waals surface area contributed by atoms with E-state index in [1.807, 2.05) is 0 Å². The van der Waals surface area contributed by atoms with Crippen LogP contribution in [-0.4, -0.2) is 107 Å². The van der Waals surface area contributed by atoms with Crippen LogP contribution in [0.1, 0.15) is 0 Å². The van der Waals surface area contributed by atoms with Gasteiger partial charge in [0.25, 0.3) is 0 Å². The number of hydrazine groups is 2. The van der Waals surface area contributed by atoms with E-state index in [0.717, 1.165) is 78.5 Å². The van der Waals surface area contributed by atoms with E-state index in [1.54, 1.807) is 0 Å². The minimum atomic E-state index is 0.698. The van der Waals surface area contributed by atoms with Gasteiger partial charge in [0.15, 0.2) is 0 Å². The average molecular weight is 424 g/mol. The standard InChI is InChI=1S/C14H29N7S4/c22-13(23)18-5-9-20(10-6-18)16-3-1-15-2-4-17-21-11-7-19(8-12-21)14(24)25/h15-17H,1-12H2,(H,22,23)(H,24,25). The monoisotopic (exact) mass is 423 g/mol. The molecule has 2 aliphatic rings. The molecule has 0 aromatic carbocycles. The molecule has 2 rings (SSSR count). The maximum absolute atomic E-state index is 5.09. The smallest absolute Gasteiger partial charge is 0.133 e. The zero-order valence-corrected chi connectivity index (χ0v) is 17.9. The van der Waals surface area contributed by atoms with Crippen LogP contribution in [0.5, 0.6) is 0 Å². The number of piperazine rings is 2. The predicted molar refractivity (Wildman–Crippen MR) is 118 cm³/mol. The third kappa shape index (κ3) is 8.22. The van der Waals surface area contributed by atoms with Crippen molar-refractivity contribution in [1.29, 1.82) is 0 Å². The van der Waals surface area contributed by atoms with Gasteiger partial charge in [0, 0.05) is 78.5 Å². The molecule has 0 aliphatic carbocycles. The van der Waals surface area contributed by atoms with Crippen molar-refractivity contribution >= 4 is 58.3 Å². The van der Waals surface area contributed by atoms with Gasteiger partial charge in [-0.25, -0.2) is 10.0 Å². The van der Waals surface area contributed by atoms with Gasteiger partial charge in [-0.2, -0.15) is 0 Å². The van der Waals surface area contributed by atoms with Gasteiger partial charge in [0.2, 0.25) is 0 Å². The number of hydrogen-bond donors (Lipinski definition) is 5. The molecule has 3 N–H and O–H groups in total. The van der Waals surface area contributed by atoms with Gasteiger partial charge >= 0.3 is 0 Å². The van der Waals surface area contributed by atoms with Gasteiger partial charge in [-0.15, -0.1) is 25.3 Å². The minimum Gasteiger partial charge on any atom is -0.355 e. The predicted octanol–water partition coefficient (Wildman–Crippen LogP) is -0.750. The summed E-state index contributed by atoms with van der Waals surface area (Å²) in [5.74, 6) is 0. The van der Waals surface area contributed by atoms with Crippen LogP contribution in [0, 0.1) is 0 Å². The number of hydrogen-bond acceptors (Lipinski definition) is 7. The SMILES string of the molecule is S=C(S)N1CCN(NCCNCCNN2CCN(C(=S)S)CC2)CC1. The fourth-order valence-corrected chi connectivity index (χ4v) is 3.61. The lowest BCUT2D eigenvalue weighted by Crippen LogP contribution is -2.54. The molecule has 2 heterocycles. The van der Waals surface area contributed by atoms with Gasteiger partial charge in [-0.3, -0.25) is 10.9 Å². The largest absolute Gasteiger partial charge is 0.355 e. The van der Waals surface area contributed by atoms with Crippen molar-refractivity contribution in [3.63, 3.8) is 0 Å². The second-order valence-corrected chi connectivity index (χ2v) is 8.31. The van der Waals surface area contributed by atoms with E-state index in [1.165, 1.54) is 0 Å². The molecule has 0 bridgehead atoms. The highest BCUT2D eigenvalue weighted by atomic mass is 32.1. The first-order valence-electron chi connectivity index (χ1n) is 8.69. The molecule has 2 aliphatic heterocycles. The van der Waals surface area contributed by atoms with Crippen molar-refractivity contribution in [1.82, 2.24) is 36.0 Å². The van der Waals surface area contributed by atoms with E-state index in [-0.39, 0.29) is 0 Å². The van der Waals surface area contributed by atoms with Gasteiger partial charge in [0.1, 0.15) is 8.64 Å². The van der Waals surface area contributed by atoms with Crippen molar-refractivity contribution in [2.45, 2.75) is 0 Å². The van der Waals surface area contributed by atoms with Crippen LogP contribution in [0.3, 0.4) is 0 Å². The fourth-order valence-electron chi connectivity index (χ4n) is 2.84. The molecule has 0 spiro atoms. The Morgan fingerprint density at radius 3 is 1.32 bits per heavy atom. The Bertz CT molecular complexity index is 385. The van der Waals surface area contributed by atoms with Crippen LogP contribution < -0.4 is 16.2 Å². The van der Waals surface area contributed by atoms with Gasteiger partial charge in [-0.1, -0.05) is 24.4 Å². The molecular weight excluding hydrogens is 394 g/mol. The van der Waals surface area contributed by atoms with Crippen molar-refractivity contribution in [2.75, 3.05) is 78.5 Å². The molecular formula is C14H29N7S4. The van der Waals surface area contributed by atoms with Crippen molar-refractivity contribution < 1.29 is 0 Å². The van der Waals surface area contributed by atoms with Crippen LogP contribution in [0.15, 0.2) is 0 Å². The molecule has 0 aromatic heterocycles. The second-order valence-electron chi connectivity index (χ2n) is 6.08.